The van der Waals surface area contributed by atoms with E-state index in [9.17, 15) is 4.79 Å². The van der Waals surface area contributed by atoms with E-state index in [0.717, 1.165) is 44.8 Å². The summed E-state index contributed by atoms with van der Waals surface area (Å²) in [6.45, 7) is 18.2. The molecule has 2 aromatic carbocycles. The van der Waals surface area contributed by atoms with Gasteiger partial charge in [-0.1, -0.05) is 83.0 Å². The zero-order valence-electron chi connectivity index (χ0n) is 29.7. The molecule has 9 unspecified atom stereocenters. The molecule has 2 saturated carbocycles. The van der Waals surface area contributed by atoms with Crippen LogP contribution in [-0.2, 0) is 17.6 Å². The predicted molar refractivity (Wildman–Crippen MR) is 198 cm³/mol. The van der Waals surface area contributed by atoms with Crippen LogP contribution in [0.1, 0.15) is 82.4 Å². The fourth-order valence-corrected chi connectivity index (χ4v) is 11.3. The number of Topliss-reactive ketones (excluding diaryl/α,β-unsaturated/α-hetero) is 1. The van der Waals surface area contributed by atoms with Crippen LogP contribution < -0.4 is 0 Å². The van der Waals surface area contributed by atoms with Crippen LogP contribution in [0.4, 0.5) is 0 Å². The van der Waals surface area contributed by atoms with Crippen molar-refractivity contribution in [3.63, 3.8) is 0 Å². The first kappa shape index (κ1) is 32.1. The quantitative estimate of drug-likeness (QED) is 0.161. The molecule has 6 heterocycles. The molecule has 4 aromatic rings. The van der Waals surface area contributed by atoms with Gasteiger partial charge in [0.1, 0.15) is 0 Å². The van der Waals surface area contributed by atoms with Crippen LogP contribution in [-0.4, -0.2) is 63.8 Å². The van der Waals surface area contributed by atoms with Crippen LogP contribution in [0, 0.1) is 35.5 Å². The number of ketones is 1. The summed E-state index contributed by atoms with van der Waals surface area (Å²) >= 11 is 0. The molecule has 9 atom stereocenters. The fraction of sp³-hybridized carbons (Fsp3) is 0.558. The van der Waals surface area contributed by atoms with E-state index >= 15 is 0 Å². The molecule has 0 amide bonds. The molecule has 5 nitrogen and oxygen atoms in total. The van der Waals surface area contributed by atoms with Gasteiger partial charge in [-0.05, 0) is 96.4 Å². The molecule has 5 heteroatoms. The van der Waals surface area contributed by atoms with E-state index in [-0.39, 0.29) is 17.9 Å². The van der Waals surface area contributed by atoms with Gasteiger partial charge >= 0.3 is 0 Å². The van der Waals surface area contributed by atoms with Crippen molar-refractivity contribution in [2.75, 3.05) is 26.2 Å². The molecule has 254 valence electrons. The van der Waals surface area contributed by atoms with Gasteiger partial charge in [0.2, 0.25) is 0 Å². The molecule has 4 saturated heterocycles. The first-order valence-corrected chi connectivity index (χ1v) is 19.2. The number of carbonyl (C=O) groups is 1. The minimum atomic E-state index is 0.0558. The predicted octanol–water partition coefficient (Wildman–Crippen LogP) is 8.77. The molecular weight excluding hydrogens is 589 g/mol. The summed E-state index contributed by atoms with van der Waals surface area (Å²) in [5, 5.41) is 2.66. The molecule has 6 fully saturated rings. The van der Waals surface area contributed by atoms with Crippen molar-refractivity contribution in [1.82, 2.24) is 19.8 Å². The average molecular weight is 645 g/mol. The Morgan fingerprint density at radius 3 is 2.27 bits per heavy atom. The van der Waals surface area contributed by atoms with Gasteiger partial charge in [0.05, 0.1) is 6.04 Å². The molecule has 6 aliphatic rings. The smallest absolute Gasteiger partial charge is 0.154 e. The lowest BCUT2D eigenvalue weighted by Gasteiger charge is -2.55. The number of benzene rings is 2. The lowest BCUT2D eigenvalue weighted by Crippen LogP contribution is -2.63. The molecule has 2 N–H and O–H groups in total. The third-order valence-corrected chi connectivity index (χ3v) is 13.8. The maximum Gasteiger partial charge on any atom is 0.154 e. The molecule has 0 spiro atoms. The fourth-order valence-electron chi connectivity index (χ4n) is 11.3. The second-order valence-corrected chi connectivity index (χ2v) is 16.0. The molecule has 4 aliphatic heterocycles. The van der Waals surface area contributed by atoms with Crippen LogP contribution >= 0.6 is 0 Å². The first-order chi connectivity index (χ1) is 23.4. The Morgan fingerprint density at radius 1 is 0.833 bits per heavy atom. The Bertz CT molecular complexity index is 1800. The van der Waals surface area contributed by atoms with Gasteiger partial charge in [0.25, 0.3) is 0 Å². The van der Waals surface area contributed by atoms with E-state index in [1.807, 2.05) is 0 Å². The SMILES string of the molecule is C=C1C2CC(CC)C(C1CC)N(CCc1c[nH]c3cc(C(C)C4C(=O)C5C(CC)CC4CN5CCc4c[nH]c5ccccc45)ccc13)C2. The van der Waals surface area contributed by atoms with Gasteiger partial charge in [0.15, 0.2) is 5.78 Å². The Hall–Kier alpha value is -3.15. The number of rotatable bonds is 11. The number of H-pyrrole nitrogens is 2. The highest BCUT2D eigenvalue weighted by atomic mass is 16.1. The summed E-state index contributed by atoms with van der Waals surface area (Å²) in [6, 6.07) is 16.3. The molecule has 0 radical (unpaired) electrons. The summed E-state index contributed by atoms with van der Waals surface area (Å²) in [4.78, 5) is 26.8. The molecule has 2 aliphatic carbocycles. The van der Waals surface area contributed by atoms with E-state index in [1.54, 1.807) is 0 Å². The Labute approximate surface area is 287 Å². The summed E-state index contributed by atoms with van der Waals surface area (Å²) in [5.74, 6) is 3.88. The van der Waals surface area contributed by atoms with Crippen molar-refractivity contribution < 1.29 is 4.79 Å². The van der Waals surface area contributed by atoms with Crippen LogP contribution in [0.15, 0.2) is 67.0 Å². The zero-order chi connectivity index (χ0) is 33.1. The van der Waals surface area contributed by atoms with Gasteiger partial charge in [-0.3, -0.25) is 14.6 Å². The monoisotopic (exact) mass is 644 g/mol. The topological polar surface area (TPSA) is 55.1 Å². The van der Waals surface area contributed by atoms with Crippen molar-refractivity contribution in [3.05, 3.63) is 83.7 Å². The van der Waals surface area contributed by atoms with Crippen LogP contribution in [0.25, 0.3) is 21.8 Å². The molecule has 4 bridgehead atoms. The highest BCUT2D eigenvalue weighted by Gasteiger charge is 2.52. The van der Waals surface area contributed by atoms with Crippen molar-refractivity contribution in [3.8, 4) is 0 Å². The minimum absolute atomic E-state index is 0.0558. The van der Waals surface area contributed by atoms with Crippen molar-refractivity contribution in [2.45, 2.75) is 90.6 Å². The number of aromatic amines is 2. The number of piperidine rings is 4. The number of aromatic nitrogens is 2. The first-order valence-electron chi connectivity index (χ1n) is 19.2. The Morgan fingerprint density at radius 2 is 1.54 bits per heavy atom. The second kappa shape index (κ2) is 12.9. The molecule has 2 aromatic heterocycles. The standard InChI is InChI=1S/C43H56N4O/c1-6-28-19-33-24-46(41(28)35(8-3)26(33)4)17-15-32-23-45-39-21-30(13-14-37(32)39)27(5)40-34-20-29(7-2)42(43(40)48)47(25-34)18-16-31-22-44-38-12-10-9-11-36(31)38/h9-14,21-23,27-29,33-35,40-42,44-45H,4,6-8,15-20,24-25H2,1-3,5H3. The number of hydrogen-bond acceptors (Lipinski definition) is 3. The highest BCUT2D eigenvalue weighted by Crippen LogP contribution is 2.49. The Kier molecular flexibility index (Phi) is 8.65. The third kappa shape index (κ3) is 5.31. The summed E-state index contributed by atoms with van der Waals surface area (Å²) < 4.78 is 0. The maximum atomic E-state index is 14.4. The zero-order valence-corrected chi connectivity index (χ0v) is 29.7. The average Bonchev–Trinajstić information content (AvgIpc) is 3.73. The number of para-hydroxylation sites is 1. The second-order valence-electron chi connectivity index (χ2n) is 16.0. The van der Waals surface area contributed by atoms with Crippen LogP contribution in [0.5, 0.6) is 0 Å². The van der Waals surface area contributed by atoms with Gasteiger partial charge in [0, 0.05) is 72.3 Å². The summed E-state index contributed by atoms with van der Waals surface area (Å²) in [7, 11) is 0. The number of hydrogen-bond donors (Lipinski definition) is 2. The largest absolute Gasteiger partial charge is 0.361 e. The normalized spacial score (nSPS) is 31.4. The minimum Gasteiger partial charge on any atom is -0.361 e. The van der Waals surface area contributed by atoms with Crippen molar-refractivity contribution in [1.29, 1.82) is 0 Å². The van der Waals surface area contributed by atoms with Gasteiger partial charge in [-0.15, -0.1) is 0 Å². The summed E-state index contributed by atoms with van der Waals surface area (Å²) in [5.41, 5.74) is 8.05. The van der Waals surface area contributed by atoms with Crippen molar-refractivity contribution >= 4 is 27.6 Å². The lowest BCUT2D eigenvalue weighted by atomic mass is 9.61. The molecular formula is C43H56N4O. The van der Waals surface area contributed by atoms with E-state index in [0.29, 0.717) is 35.5 Å². The van der Waals surface area contributed by atoms with Crippen molar-refractivity contribution in [2.24, 2.45) is 35.5 Å². The van der Waals surface area contributed by atoms with Crippen LogP contribution in [0.3, 0.4) is 0 Å². The van der Waals surface area contributed by atoms with Gasteiger partial charge < -0.3 is 9.97 Å². The van der Waals surface area contributed by atoms with E-state index in [2.05, 4.69) is 109 Å². The number of fused-ring (bicyclic) bond motifs is 8. The number of carbonyl (C=O) groups excluding carboxylic acids is 1. The third-order valence-electron chi connectivity index (χ3n) is 13.8. The maximum absolute atomic E-state index is 14.4. The lowest BCUT2D eigenvalue weighted by molar-refractivity contribution is -0.147. The molecule has 48 heavy (non-hydrogen) atoms. The van der Waals surface area contributed by atoms with E-state index in [4.69, 9.17) is 0 Å². The number of nitrogens with zero attached hydrogens (tertiary/aromatic N) is 2. The van der Waals surface area contributed by atoms with E-state index in [1.165, 1.54) is 76.3 Å². The van der Waals surface area contributed by atoms with Gasteiger partial charge in [-0.25, -0.2) is 0 Å². The molecule has 10 rings (SSSR count). The highest BCUT2D eigenvalue weighted by molar-refractivity contribution is 5.90. The number of nitrogens with one attached hydrogen (secondary N) is 2. The van der Waals surface area contributed by atoms with E-state index < -0.39 is 0 Å². The van der Waals surface area contributed by atoms with Crippen LogP contribution in [0.2, 0.25) is 0 Å². The summed E-state index contributed by atoms with van der Waals surface area (Å²) in [6.07, 6.45) is 12.6. The Balaban J connectivity index is 0.953. The van der Waals surface area contributed by atoms with Gasteiger partial charge in [-0.2, -0.15) is 0 Å².